The standard InChI is InChI=1S/C12H15F3N2O3S/c1-11(18)4-5-17(7-11)8-2-3-10(21(16,19)20)9(6-8)12(13,14)15/h2-3,6,18H,4-5,7H2,1H3,(H2,16,19,20). The summed E-state index contributed by atoms with van der Waals surface area (Å²) in [6, 6.07) is 2.86. The van der Waals surface area contributed by atoms with Crippen molar-refractivity contribution in [2.75, 3.05) is 18.0 Å². The molecule has 0 saturated carbocycles. The monoisotopic (exact) mass is 324 g/mol. The van der Waals surface area contributed by atoms with Gasteiger partial charge in [0.1, 0.15) is 0 Å². The summed E-state index contributed by atoms with van der Waals surface area (Å²) in [6.07, 6.45) is -4.41. The Kier molecular flexibility index (Phi) is 3.71. The number of sulfonamides is 1. The normalized spacial score (nSPS) is 23.6. The fraction of sp³-hybridized carbons (Fsp3) is 0.500. The number of aliphatic hydroxyl groups is 1. The lowest BCUT2D eigenvalue weighted by Crippen LogP contribution is -2.30. The molecule has 1 fully saturated rings. The number of rotatable bonds is 2. The first-order valence-corrected chi connectivity index (χ1v) is 7.66. The van der Waals surface area contributed by atoms with E-state index in [1.807, 2.05) is 0 Å². The molecule has 1 heterocycles. The van der Waals surface area contributed by atoms with E-state index in [1.165, 1.54) is 6.07 Å². The molecule has 1 aromatic carbocycles. The van der Waals surface area contributed by atoms with E-state index in [1.54, 1.807) is 11.8 Å². The quantitative estimate of drug-likeness (QED) is 0.859. The van der Waals surface area contributed by atoms with Crippen LogP contribution >= 0.6 is 0 Å². The average Bonchev–Trinajstić information content (AvgIpc) is 2.66. The third kappa shape index (κ3) is 3.47. The van der Waals surface area contributed by atoms with E-state index in [-0.39, 0.29) is 12.2 Å². The van der Waals surface area contributed by atoms with Crippen molar-refractivity contribution in [1.29, 1.82) is 0 Å². The highest BCUT2D eigenvalue weighted by Gasteiger charge is 2.38. The van der Waals surface area contributed by atoms with Gasteiger partial charge in [0.25, 0.3) is 0 Å². The van der Waals surface area contributed by atoms with Gasteiger partial charge in [0.2, 0.25) is 10.0 Å². The number of alkyl halides is 3. The molecule has 5 nitrogen and oxygen atoms in total. The predicted molar refractivity (Wildman–Crippen MR) is 70.3 cm³/mol. The maximum absolute atomic E-state index is 13.0. The van der Waals surface area contributed by atoms with Crippen molar-refractivity contribution in [3.8, 4) is 0 Å². The van der Waals surface area contributed by atoms with Crippen LogP contribution < -0.4 is 10.0 Å². The molecule has 0 amide bonds. The minimum Gasteiger partial charge on any atom is -0.388 e. The number of halogens is 3. The number of hydrogen-bond acceptors (Lipinski definition) is 4. The topological polar surface area (TPSA) is 83.6 Å². The molecule has 0 aromatic heterocycles. The molecule has 1 saturated heterocycles. The molecule has 118 valence electrons. The highest BCUT2D eigenvalue weighted by molar-refractivity contribution is 7.89. The summed E-state index contributed by atoms with van der Waals surface area (Å²) in [4.78, 5) is 0.618. The summed E-state index contributed by atoms with van der Waals surface area (Å²) in [5, 5.41) is 14.7. The molecule has 9 heteroatoms. The Morgan fingerprint density at radius 3 is 2.43 bits per heavy atom. The van der Waals surface area contributed by atoms with Gasteiger partial charge in [-0.1, -0.05) is 0 Å². The zero-order valence-electron chi connectivity index (χ0n) is 11.2. The van der Waals surface area contributed by atoms with E-state index >= 15 is 0 Å². The van der Waals surface area contributed by atoms with E-state index < -0.39 is 32.3 Å². The molecule has 1 unspecified atom stereocenters. The van der Waals surface area contributed by atoms with Gasteiger partial charge in [-0.15, -0.1) is 0 Å². The fourth-order valence-electron chi connectivity index (χ4n) is 2.35. The van der Waals surface area contributed by atoms with Gasteiger partial charge in [0, 0.05) is 18.8 Å². The summed E-state index contributed by atoms with van der Waals surface area (Å²) in [6.45, 7) is 2.16. The number of benzene rings is 1. The maximum atomic E-state index is 13.0. The van der Waals surface area contributed by atoms with Crippen LogP contribution in [0, 0.1) is 0 Å². The van der Waals surface area contributed by atoms with Crippen molar-refractivity contribution >= 4 is 15.7 Å². The van der Waals surface area contributed by atoms with Crippen LogP contribution in [0.1, 0.15) is 18.9 Å². The molecule has 21 heavy (non-hydrogen) atoms. The van der Waals surface area contributed by atoms with Crippen molar-refractivity contribution in [3.05, 3.63) is 23.8 Å². The summed E-state index contributed by atoms with van der Waals surface area (Å²) in [5.41, 5.74) is -2.07. The first-order chi connectivity index (χ1) is 9.40. The molecule has 1 aliphatic heterocycles. The van der Waals surface area contributed by atoms with E-state index in [0.29, 0.717) is 13.0 Å². The fourth-order valence-corrected chi connectivity index (χ4v) is 3.09. The van der Waals surface area contributed by atoms with E-state index in [9.17, 15) is 26.7 Å². The van der Waals surface area contributed by atoms with Gasteiger partial charge >= 0.3 is 6.18 Å². The molecular formula is C12H15F3N2O3S. The highest BCUT2D eigenvalue weighted by atomic mass is 32.2. The van der Waals surface area contributed by atoms with E-state index in [0.717, 1.165) is 12.1 Å². The van der Waals surface area contributed by atoms with Crippen LogP contribution in [-0.2, 0) is 16.2 Å². The molecule has 2 rings (SSSR count). The Balaban J connectivity index is 2.49. The van der Waals surface area contributed by atoms with Gasteiger partial charge in [-0.2, -0.15) is 13.2 Å². The molecule has 0 aliphatic carbocycles. The van der Waals surface area contributed by atoms with Crippen LogP contribution in [0.2, 0.25) is 0 Å². The van der Waals surface area contributed by atoms with Crippen LogP contribution in [0.4, 0.5) is 18.9 Å². The third-order valence-electron chi connectivity index (χ3n) is 3.39. The van der Waals surface area contributed by atoms with E-state index in [2.05, 4.69) is 0 Å². The number of β-amino-alcohol motifs (C(OH)–C–C–N with tert-alkyl or cyclic N) is 1. The summed E-state index contributed by atoms with van der Waals surface area (Å²) in [5.74, 6) is 0. The molecule has 3 N–H and O–H groups in total. The zero-order chi connectivity index (χ0) is 16.1. The minimum atomic E-state index is -4.83. The lowest BCUT2D eigenvalue weighted by Gasteiger charge is -2.22. The van der Waals surface area contributed by atoms with Crippen molar-refractivity contribution in [2.45, 2.75) is 30.0 Å². The second-order valence-corrected chi connectivity index (χ2v) is 6.92. The van der Waals surface area contributed by atoms with Gasteiger partial charge in [-0.3, -0.25) is 0 Å². The second kappa shape index (κ2) is 4.85. The molecule has 0 spiro atoms. The van der Waals surface area contributed by atoms with Crippen LogP contribution in [0.5, 0.6) is 0 Å². The van der Waals surface area contributed by atoms with Crippen LogP contribution in [-0.4, -0.2) is 32.2 Å². The zero-order valence-corrected chi connectivity index (χ0v) is 12.0. The lowest BCUT2D eigenvalue weighted by molar-refractivity contribution is -0.139. The van der Waals surface area contributed by atoms with Crippen molar-refractivity contribution in [3.63, 3.8) is 0 Å². The first kappa shape index (κ1) is 16.1. The van der Waals surface area contributed by atoms with Gasteiger partial charge in [-0.05, 0) is 31.5 Å². The van der Waals surface area contributed by atoms with Crippen molar-refractivity contribution in [2.24, 2.45) is 5.14 Å². The van der Waals surface area contributed by atoms with E-state index in [4.69, 9.17) is 5.14 Å². The van der Waals surface area contributed by atoms with Crippen molar-refractivity contribution in [1.82, 2.24) is 0 Å². The van der Waals surface area contributed by atoms with Crippen LogP contribution in [0.15, 0.2) is 23.1 Å². The summed E-state index contributed by atoms with van der Waals surface area (Å²) >= 11 is 0. The summed E-state index contributed by atoms with van der Waals surface area (Å²) < 4.78 is 61.5. The van der Waals surface area contributed by atoms with Crippen LogP contribution in [0.3, 0.4) is 0 Å². The van der Waals surface area contributed by atoms with Crippen LogP contribution in [0.25, 0.3) is 0 Å². The SMILES string of the molecule is CC1(O)CCN(c2ccc(S(N)(=O)=O)c(C(F)(F)F)c2)C1. The Hall–Kier alpha value is -1.32. The number of hydrogen-bond donors (Lipinski definition) is 2. The molecule has 1 aromatic rings. The largest absolute Gasteiger partial charge is 0.417 e. The Morgan fingerprint density at radius 2 is 2.00 bits per heavy atom. The average molecular weight is 324 g/mol. The minimum absolute atomic E-state index is 0.180. The number of anilines is 1. The van der Waals surface area contributed by atoms with Gasteiger partial charge in [0.05, 0.1) is 16.1 Å². The molecular weight excluding hydrogens is 309 g/mol. The second-order valence-electron chi connectivity index (χ2n) is 5.39. The smallest absolute Gasteiger partial charge is 0.388 e. The Labute approximate surface area is 120 Å². The van der Waals surface area contributed by atoms with Crippen molar-refractivity contribution < 1.29 is 26.7 Å². The Morgan fingerprint density at radius 1 is 1.38 bits per heavy atom. The Bertz CT molecular complexity index is 656. The number of nitrogens with zero attached hydrogens (tertiary/aromatic N) is 1. The van der Waals surface area contributed by atoms with Gasteiger partial charge < -0.3 is 10.0 Å². The maximum Gasteiger partial charge on any atom is 0.417 e. The predicted octanol–water partition coefficient (Wildman–Crippen LogP) is 1.31. The summed E-state index contributed by atoms with van der Waals surface area (Å²) in [7, 11) is -4.47. The number of nitrogens with two attached hydrogens (primary N) is 1. The highest BCUT2D eigenvalue weighted by Crippen LogP contribution is 2.37. The molecule has 0 bridgehead atoms. The van der Waals surface area contributed by atoms with Gasteiger partial charge in [0.15, 0.2) is 0 Å². The molecule has 0 radical (unpaired) electrons. The molecule has 1 aliphatic rings. The van der Waals surface area contributed by atoms with Gasteiger partial charge in [-0.25, -0.2) is 13.6 Å². The first-order valence-electron chi connectivity index (χ1n) is 6.11. The number of primary sulfonamides is 1. The lowest BCUT2D eigenvalue weighted by atomic mass is 10.1. The third-order valence-corrected chi connectivity index (χ3v) is 4.36. The molecule has 1 atom stereocenters.